The van der Waals surface area contributed by atoms with Crippen molar-refractivity contribution in [2.24, 2.45) is 0 Å². The van der Waals surface area contributed by atoms with Crippen molar-refractivity contribution in [1.82, 2.24) is 0 Å². The van der Waals surface area contributed by atoms with E-state index >= 15 is 0 Å². The summed E-state index contributed by atoms with van der Waals surface area (Å²) in [5, 5.41) is 3.22. The Morgan fingerprint density at radius 2 is 1.86 bits per heavy atom. The molecule has 76 valence electrons. The lowest BCUT2D eigenvalue weighted by Gasteiger charge is -2.04. The number of carbonyl (C=O) groups excluding carboxylic acids is 1. The number of ketones is 1. The van der Waals surface area contributed by atoms with E-state index in [1.54, 1.807) is 0 Å². The van der Waals surface area contributed by atoms with Crippen LogP contribution in [0.5, 0.6) is 0 Å². The first-order chi connectivity index (χ1) is 6.76. The van der Waals surface area contributed by atoms with Gasteiger partial charge in [-0.1, -0.05) is 19.1 Å². The molecule has 1 N–H and O–H groups in total. The van der Waals surface area contributed by atoms with Crippen molar-refractivity contribution < 1.29 is 4.79 Å². The largest absolute Gasteiger partial charge is 0.385 e. The van der Waals surface area contributed by atoms with Crippen LogP contribution in [0.2, 0.25) is 0 Å². The maximum Gasteiger partial charge on any atom is 0.136 e. The third-order valence-corrected chi connectivity index (χ3v) is 2.13. The summed E-state index contributed by atoms with van der Waals surface area (Å²) in [5.41, 5.74) is 2.21. The van der Waals surface area contributed by atoms with E-state index < -0.39 is 0 Å². The summed E-state index contributed by atoms with van der Waals surface area (Å²) in [7, 11) is 0. The van der Waals surface area contributed by atoms with Gasteiger partial charge in [-0.05, 0) is 24.6 Å². The number of rotatable bonds is 5. The quantitative estimate of drug-likeness (QED) is 0.775. The van der Waals surface area contributed by atoms with Crippen molar-refractivity contribution in [2.45, 2.75) is 26.7 Å². The number of Topliss-reactive ketones (excluding diaryl/α,β-unsaturated/α-hetero) is 1. The van der Waals surface area contributed by atoms with Gasteiger partial charge in [0, 0.05) is 25.1 Å². The molecule has 0 saturated carbocycles. The van der Waals surface area contributed by atoms with E-state index in [0.29, 0.717) is 18.6 Å². The number of hydrogen-bond donors (Lipinski definition) is 1. The first-order valence-electron chi connectivity index (χ1n) is 5.10. The van der Waals surface area contributed by atoms with Gasteiger partial charge in [-0.15, -0.1) is 0 Å². The number of anilines is 1. The summed E-state index contributed by atoms with van der Waals surface area (Å²) in [6.07, 6.45) is 1.18. The molecule has 0 aromatic heterocycles. The molecule has 0 fully saturated rings. The summed E-state index contributed by atoms with van der Waals surface area (Å²) in [4.78, 5) is 11.2. The molecule has 14 heavy (non-hydrogen) atoms. The fourth-order valence-electron chi connectivity index (χ4n) is 1.30. The summed E-state index contributed by atoms with van der Waals surface area (Å²) in [6, 6.07) is 8.04. The molecule has 2 nitrogen and oxygen atoms in total. The predicted molar refractivity (Wildman–Crippen MR) is 59.6 cm³/mol. The molecular weight excluding hydrogens is 174 g/mol. The minimum atomic E-state index is 0.293. The lowest BCUT2D eigenvalue weighted by Crippen LogP contribution is -2.01. The topological polar surface area (TPSA) is 29.1 Å². The molecule has 0 aliphatic heterocycles. The molecule has 0 aliphatic carbocycles. The molecular formula is C12H17NO. The fourth-order valence-corrected chi connectivity index (χ4v) is 1.30. The van der Waals surface area contributed by atoms with E-state index in [1.165, 1.54) is 0 Å². The molecule has 0 saturated heterocycles. The highest BCUT2D eigenvalue weighted by molar-refractivity contribution is 5.80. The number of carbonyl (C=O) groups is 1. The van der Waals surface area contributed by atoms with Gasteiger partial charge in [-0.2, -0.15) is 0 Å². The van der Waals surface area contributed by atoms with Crippen LogP contribution in [0.15, 0.2) is 24.3 Å². The molecule has 0 heterocycles. The van der Waals surface area contributed by atoms with Gasteiger partial charge in [0.2, 0.25) is 0 Å². The molecule has 1 rings (SSSR count). The number of benzene rings is 1. The Morgan fingerprint density at radius 3 is 2.36 bits per heavy atom. The standard InChI is InChI=1S/C12H17NO/c1-3-12(14)9-10-5-7-11(8-6-10)13-4-2/h5-8,13H,3-4,9H2,1-2H3. The van der Waals surface area contributed by atoms with Gasteiger partial charge in [0.25, 0.3) is 0 Å². The molecule has 0 aliphatic rings. The SMILES string of the molecule is CCNc1ccc(CC(=O)CC)cc1. The van der Waals surface area contributed by atoms with Gasteiger partial charge in [-0.3, -0.25) is 4.79 Å². The van der Waals surface area contributed by atoms with Gasteiger partial charge >= 0.3 is 0 Å². The molecule has 1 aromatic carbocycles. The average Bonchev–Trinajstić information content (AvgIpc) is 2.21. The molecule has 0 spiro atoms. The summed E-state index contributed by atoms with van der Waals surface area (Å²) in [6.45, 7) is 4.89. The Bertz CT molecular complexity index is 290. The van der Waals surface area contributed by atoms with Gasteiger partial charge in [-0.25, -0.2) is 0 Å². The van der Waals surface area contributed by atoms with Crippen LogP contribution >= 0.6 is 0 Å². The molecule has 1 aromatic rings. The highest BCUT2D eigenvalue weighted by Gasteiger charge is 2.00. The van der Waals surface area contributed by atoms with Crippen molar-refractivity contribution >= 4 is 11.5 Å². The maximum absolute atomic E-state index is 11.2. The average molecular weight is 191 g/mol. The second kappa shape index (κ2) is 5.43. The van der Waals surface area contributed by atoms with Crippen molar-refractivity contribution in [3.8, 4) is 0 Å². The second-order valence-electron chi connectivity index (χ2n) is 3.30. The molecule has 0 unspecified atom stereocenters. The zero-order valence-corrected chi connectivity index (χ0v) is 8.84. The first-order valence-corrected chi connectivity index (χ1v) is 5.10. The monoisotopic (exact) mass is 191 g/mol. The van der Waals surface area contributed by atoms with Gasteiger partial charge < -0.3 is 5.32 Å². The molecule has 0 atom stereocenters. The fraction of sp³-hybridized carbons (Fsp3) is 0.417. The summed E-state index contributed by atoms with van der Waals surface area (Å²) in [5.74, 6) is 0.293. The third-order valence-electron chi connectivity index (χ3n) is 2.13. The maximum atomic E-state index is 11.2. The Morgan fingerprint density at radius 1 is 1.21 bits per heavy atom. The number of hydrogen-bond acceptors (Lipinski definition) is 2. The van der Waals surface area contributed by atoms with E-state index in [2.05, 4.69) is 12.2 Å². The van der Waals surface area contributed by atoms with E-state index in [1.807, 2.05) is 31.2 Å². The van der Waals surface area contributed by atoms with Crippen LogP contribution in [0, 0.1) is 0 Å². The molecule has 0 radical (unpaired) electrons. The van der Waals surface area contributed by atoms with Crippen LogP contribution in [0.25, 0.3) is 0 Å². The summed E-state index contributed by atoms with van der Waals surface area (Å²) < 4.78 is 0. The van der Waals surface area contributed by atoms with Gasteiger partial charge in [0.1, 0.15) is 5.78 Å². The number of nitrogens with one attached hydrogen (secondary N) is 1. The predicted octanol–water partition coefficient (Wildman–Crippen LogP) is 2.64. The normalized spacial score (nSPS) is 9.86. The van der Waals surface area contributed by atoms with Crippen LogP contribution in [0.3, 0.4) is 0 Å². The minimum Gasteiger partial charge on any atom is -0.385 e. The lowest BCUT2D eigenvalue weighted by atomic mass is 10.1. The minimum absolute atomic E-state index is 0.293. The Hall–Kier alpha value is -1.31. The van der Waals surface area contributed by atoms with Crippen LogP contribution in [0.4, 0.5) is 5.69 Å². The Labute approximate surface area is 85.3 Å². The van der Waals surface area contributed by atoms with E-state index in [0.717, 1.165) is 17.8 Å². The van der Waals surface area contributed by atoms with Gasteiger partial charge in [0.05, 0.1) is 0 Å². The van der Waals surface area contributed by atoms with Crippen molar-refractivity contribution in [1.29, 1.82) is 0 Å². The Kier molecular flexibility index (Phi) is 4.17. The molecule has 0 amide bonds. The van der Waals surface area contributed by atoms with Gasteiger partial charge in [0.15, 0.2) is 0 Å². The van der Waals surface area contributed by atoms with Crippen molar-refractivity contribution in [3.63, 3.8) is 0 Å². The zero-order chi connectivity index (χ0) is 10.4. The van der Waals surface area contributed by atoms with Crippen molar-refractivity contribution in [2.75, 3.05) is 11.9 Å². The summed E-state index contributed by atoms with van der Waals surface area (Å²) >= 11 is 0. The first kappa shape index (κ1) is 10.8. The highest BCUT2D eigenvalue weighted by atomic mass is 16.1. The van der Waals surface area contributed by atoms with Crippen molar-refractivity contribution in [3.05, 3.63) is 29.8 Å². The third kappa shape index (κ3) is 3.21. The van der Waals surface area contributed by atoms with E-state index in [-0.39, 0.29) is 0 Å². The Balaban J connectivity index is 2.59. The molecule has 0 bridgehead atoms. The van der Waals surface area contributed by atoms with E-state index in [9.17, 15) is 4.79 Å². The highest BCUT2D eigenvalue weighted by Crippen LogP contribution is 2.10. The molecule has 2 heteroatoms. The lowest BCUT2D eigenvalue weighted by molar-refractivity contribution is -0.118. The van der Waals surface area contributed by atoms with E-state index in [4.69, 9.17) is 0 Å². The zero-order valence-electron chi connectivity index (χ0n) is 8.84. The van der Waals surface area contributed by atoms with Crippen LogP contribution in [0.1, 0.15) is 25.8 Å². The van der Waals surface area contributed by atoms with Crippen LogP contribution < -0.4 is 5.32 Å². The smallest absolute Gasteiger partial charge is 0.136 e. The van der Waals surface area contributed by atoms with Crippen LogP contribution in [-0.4, -0.2) is 12.3 Å². The second-order valence-corrected chi connectivity index (χ2v) is 3.30. The van der Waals surface area contributed by atoms with Crippen LogP contribution in [-0.2, 0) is 11.2 Å².